The first kappa shape index (κ1) is 57.5. The Bertz CT molecular complexity index is 1060. The largest absolute Gasteiger partial charge is 0.472 e. The van der Waals surface area contributed by atoms with Crippen LogP contribution in [-0.4, -0.2) is 74.9 Å². The van der Waals surface area contributed by atoms with Crippen LogP contribution in [0.15, 0.2) is 24.3 Å². The van der Waals surface area contributed by atoms with Crippen molar-refractivity contribution in [3.05, 3.63) is 24.3 Å². The average molecular weight is 857 g/mol. The lowest BCUT2D eigenvalue weighted by Gasteiger charge is -2.24. The fourth-order valence-electron chi connectivity index (χ4n) is 6.83. The molecular formula is C49H95NO8P+. The molecule has 1 N–H and O–H groups in total. The smallest absolute Gasteiger partial charge is 0.462 e. The van der Waals surface area contributed by atoms with E-state index in [4.69, 9.17) is 18.5 Å². The lowest BCUT2D eigenvalue weighted by atomic mass is 10.1. The normalized spacial score (nSPS) is 13.7. The van der Waals surface area contributed by atoms with E-state index in [-0.39, 0.29) is 32.0 Å². The first-order valence-corrected chi connectivity index (χ1v) is 26.1. The predicted molar refractivity (Wildman–Crippen MR) is 247 cm³/mol. The van der Waals surface area contributed by atoms with Crippen LogP contribution in [0.25, 0.3) is 0 Å². The van der Waals surface area contributed by atoms with Gasteiger partial charge in [-0.15, -0.1) is 0 Å². The molecule has 0 aliphatic carbocycles. The summed E-state index contributed by atoms with van der Waals surface area (Å²) in [4.78, 5) is 35.5. The van der Waals surface area contributed by atoms with Crippen LogP contribution in [-0.2, 0) is 32.7 Å². The first-order valence-electron chi connectivity index (χ1n) is 24.6. The van der Waals surface area contributed by atoms with E-state index in [1.54, 1.807) is 0 Å². The van der Waals surface area contributed by atoms with Crippen molar-refractivity contribution in [2.75, 3.05) is 47.5 Å². The van der Waals surface area contributed by atoms with Gasteiger partial charge < -0.3 is 18.9 Å². The van der Waals surface area contributed by atoms with E-state index >= 15 is 0 Å². The van der Waals surface area contributed by atoms with Crippen molar-refractivity contribution in [1.29, 1.82) is 0 Å². The monoisotopic (exact) mass is 857 g/mol. The Balaban J connectivity index is 4.26. The van der Waals surface area contributed by atoms with Gasteiger partial charge in [-0.05, 0) is 64.2 Å². The van der Waals surface area contributed by atoms with Crippen molar-refractivity contribution >= 4 is 19.8 Å². The van der Waals surface area contributed by atoms with E-state index in [1.807, 2.05) is 21.1 Å². The Kier molecular flexibility index (Phi) is 40.8. The molecule has 0 heterocycles. The van der Waals surface area contributed by atoms with Crippen molar-refractivity contribution in [3.63, 3.8) is 0 Å². The predicted octanol–water partition coefficient (Wildman–Crippen LogP) is 14.3. The van der Waals surface area contributed by atoms with E-state index in [9.17, 15) is 19.0 Å². The summed E-state index contributed by atoms with van der Waals surface area (Å²) in [5.41, 5.74) is 0. The molecule has 0 saturated heterocycles. The Morgan fingerprint density at radius 1 is 0.508 bits per heavy atom. The molecule has 0 aliphatic rings. The van der Waals surface area contributed by atoms with Gasteiger partial charge in [-0.1, -0.05) is 173 Å². The molecule has 0 aromatic rings. The van der Waals surface area contributed by atoms with Crippen molar-refractivity contribution in [2.45, 2.75) is 232 Å². The average Bonchev–Trinajstić information content (AvgIpc) is 3.19. The second-order valence-corrected chi connectivity index (χ2v) is 19.3. The summed E-state index contributed by atoms with van der Waals surface area (Å²) in [6.45, 7) is 4.43. The second kappa shape index (κ2) is 41.8. The van der Waals surface area contributed by atoms with Gasteiger partial charge in [-0.25, -0.2) is 4.57 Å². The molecule has 0 rings (SSSR count). The third-order valence-corrected chi connectivity index (χ3v) is 11.7. The molecule has 0 radical (unpaired) electrons. The number of carbonyl (C=O) groups is 2. The van der Waals surface area contributed by atoms with Crippen LogP contribution in [0.4, 0.5) is 0 Å². The second-order valence-electron chi connectivity index (χ2n) is 17.8. The molecule has 2 atom stereocenters. The molecule has 0 aromatic heterocycles. The Morgan fingerprint density at radius 3 is 1.25 bits per heavy atom. The number of hydrogen-bond acceptors (Lipinski definition) is 7. The van der Waals surface area contributed by atoms with Crippen molar-refractivity contribution < 1.29 is 42.1 Å². The number of likely N-dealkylation sites (N-methyl/N-ethyl adjacent to an activating group) is 1. The van der Waals surface area contributed by atoms with Crippen LogP contribution in [0.3, 0.4) is 0 Å². The number of esters is 2. The number of unbranched alkanes of at least 4 members (excludes halogenated alkanes) is 27. The van der Waals surface area contributed by atoms with Crippen LogP contribution < -0.4 is 0 Å². The summed E-state index contributed by atoms with van der Waals surface area (Å²) >= 11 is 0. The first-order chi connectivity index (χ1) is 28.5. The Labute approximate surface area is 364 Å². The fraction of sp³-hybridized carbons (Fsp3) is 0.878. The quantitative estimate of drug-likeness (QED) is 0.0212. The summed E-state index contributed by atoms with van der Waals surface area (Å²) in [7, 11) is 1.48. The molecule has 0 aliphatic heterocycles. The Hall–Kier alpha value is -1.51. The van der Waals surface area contributed by atoms with E-state index in [0.29, 0.717) is 17.4 Å². The molecule has 0 fully saturated rings. The van der Waals surface area contributed by atoms with Gasteiger partial charge in [0, 0.05) is 12.8 Å². The number of phosphoric ester groups is 1. The highest BCUT2D eigenvalue weighted by atomic mass is 31.2. The van der Waals surface area contributed by atoms with Crippen LogP contribution in [0.2, 0.25) is 0 Å². The molecule has 0 amide bonds. The third kappa shape index (κ3) is 45.8. The highest BCUT2D eigenvalue weighted by Crippen LogP contribution is 2.43. The molecule has 9 nitrogen and oxygen atoms in total. The van der Waals surface area contributed by atoms with E-state index < -0.39 is 26.5 Å². The topological polar surface area (TPSA) is 108 Å². The summed E-state index contributed by atoms with van der Waals surface area (Å²) < 4.78 is 34.4. The van der Waals surface area contributed by atoms with E-state index in [0.717, 1.165) is 57.8 Å². The van der Waals surface area contributed by atoms with Gasteiger partial charge in [0.2, 0.25) is 0 Å². The number of quaternary nitrogens is 1. The van der Waals surface area contributed by atoms with Crippen LogP contribution in [0.5, 0.6) is 0 Å². The lowest BCUT2D eigenvalue weighted by molar-refractivity contribution is -0.870. The van der Waals surface area contributed by atoms with Crippen molar-refractivity contribution in [1.82, 2.24) is 0 Å². The van der Waals surface area contributed by atoms with Gasteiger partial charge >= 0.3 is 19.8 Å². The lowest BCUT2D eigenvalue weighted by Crippen LogP contribution is -2.37. The number of allylic oxidation sites excluding steroid dienone is 4. The molecule has 0 bridgehead atoms. The summed E-state index contributed by atoms with van der Waals surface area (Å²) in [5.74, 6) is -0.803. The minimum atomic E-state index is -4.38. The fourth-order valence-corrected chi connectivity index (χ4v) is 7.57. The number of rotatable bonds is 45. The molecule has 2 unspecified atom stereocenters. The maximum absolute atomic E-state index is 12.7. The number of phosphoric acid groups is 1. The molecule has 0 aromatic carbocycles. The maximum Gasteiger partial charge on any atom is 0.472 e. The minimum absolute atomic E-state index is 0.0314. The van der Waals surface area contributed by atoms with Crippen molar-refractivity contribution in [3.8, 4) is 0 Å². The standard InChI is InChI=1S/C49H94NO8P/c1-6-8-10-12-14-16-18-20-22-23-24-25-26-27-28-30-32-34-36-38-40-42-49(52)58-47(46-57-59(53,54)56-44-43-50(3,4)5)45-55-48(51)41-39-37-35-33-31-29-21-19-17-15-13-11-9-7-2/h19,21,23-24,47H,6-18,20,22,25-46H2,1-5H3/p+1/b21-19-,24-23-. The molecule has 0 spiro atoms. The van der Waals surface area contributed by atoms with E-state index in [1.165, 1.54) is 135 Å². The maximum atomic E-state index is 12.7. The molecular weight excluding hydrogens is 762 g/mol. The zero-order valence-corrected chi connectivity index (χ0v) is 40.1. The number of carbonyl (C=O) groups excluding carboxylic acids is 2. The molecule has 0 saturated carbocycles. The van der Waals surface area contributed by atoms with Gasteiger partial charge in [0.25, 0.3) is 0 Å². The third-order valence-electron chi connectivity index (χ3n) is 10.7. The zero-order valence-electron chi connectivity index (χ0n) is 39.2. The number of ether oxygens (including phenoxy) is 2. The Morgan fingerprint density at radius 2 is 0.864 bits per heavy atom. The number of nitrogens with zero attached hydrogens (tertiary/aromatic N) is 1. The SMILES string of the molecule is CCCCCCC/C=C\CCCCCCCC(=O)OCC(COP(=O)(O)OCC[N+](C)(C)C)OC(=O)CCCCCCCCCCC/C=C\CCCCCCCCCC. The van der Waals surface area contributed by atoms with Crippen LogP contribution in [0, 0.1) is 0 Å². The van der Waals surface area contributed by atoms with Gasteiger partial charge in [0.1, 0.15) is 19.8 Å². The minimum Gasteiger partial charge on any atom is -0.462 e. The molecule has 59 heavy (non-hydrogen) atoms. The van der Waals surface area contributed by atoms with Gasteiger partial charge in [-0.2, -0.15) is 0 Å². The van der Waals surface area contributed by atoms with E-state index in [2.05, 4.69) is 38.2 Å². The van der Waals surface area contributed by atoms with Crippen LogP contribution in [0.1, 0.15) is 226 Å². The molecule has 10 heteroatoms. The summed E-state index contributed by atoms with van der Waals surface area (Å²) in [6, 6.07) is 0. The van der Waals surface area contributed by atoms with Gasteiger partial charge in [0.15, 0.2) is 6.10 Å². The highest BCUT2D eigenvalue weighted by molar-refractivity contribution is 7.47. The van der Waals surface area contributed by atoms with Crippen molar-refractivity contribution in [2.24, 2.45) is 0 Å². The summed E-state index contributed by atoms with van der Waals surface area (Å²) in [5, 5.41) is 0. The zero-order chi connectivity index (χ0) is 43.6. The van der Waals surface area contributed by atoms with Gasteiger partial charge in [0.05, 0.1) is 27.7 Å². The molecule has 348 valence electrons. The summed E-state index contributed by atoms with van der Waals surface area (Å²) in [6.07, 6.45) is 46.5. The highest BCUT2D eigenvalue weighted by Gasteiger charge is 2.27. The van der Waals surface area contributed by atoms with Gasteiger partial charge in [-0.3, -0.25) is 18.6 Å². The number of hydrogen-bond donors (Lipinski definition) is 1. The van der Waals surface area contributed by atoms with Crippen LogP contribution >= 0.6 is 7.82 Å².